The molecule has 68 valence electrons. The van der Waals surface area contributed by atoms with Gasteiger partial charge < -0.3 is 11.1 Å². The van der Waals surface area contributed by atoms with Crippen molar-refractivity contribution in [1.82, 2.24) is 5.32 Å². The van der Waals surface area contributed by atoms with E-state index in [1.165, 1.54) is 0 Å². The minimum atomic E-state index is -0.781. The summed E-state index contributed by atoms with van der Waals surface area (Å²) in [6.45, 7) is 1.50. The Hall–Kier alpha value is -0.610. The number of rotatable bonds is 2. The second-order valence-electron chi connectivity index (χ2n) is 3.38. The first-order valence-corrected chi connectivity index (χ1v) is 3.72. The summed E-state index contributed by atoms with van der Waals surface area (Å²) in [5.74, 6) is -0.786. The monoisotopic (exact) mass is 190 g/mol. The number of ketones is 1. The Bertz CT molecular complexity index is 244. The second kappa shape index (κ2) is 2.71. The van der Waals surface area contributed by atoms with E-state index in [0.717, 1.165) is 13.0 Å². The van der Waals surface area contributed by atoms with E-state index >= 15 is 0 Å². The van der Waals surface area contributed by atoms with Crippen LogP contribution in [0.2, 0.25) is 0 Å². The third-order valence-electron chi connectivity index (χ3n) is 2.74. The standard InChI is InChI=1S/C7H10N2O2.ClH/c8-6(11)5(10)7-1-4(7)2-9-3-7;/h4,9H,1-3H2,(H2,8,11);1H. The van der Waals surface area contributed by atoms with Crippen LogP contribution in [0.4, 0.5) is 0 Å². The Morgan fingerprint density at radius 3 is 2.50 bits per heavy atom. The summed E-state index contributed by atoms with van der Waals surface area (Å²) in [6.07, 6.45) is 0.849. The first-order valence-electron chi connectivity index (χ1n) is 3.72. The van der Waals surface area contributed by atoms with Crippen LogP contribution in [0.3, 0.4) is 0 Å². The van der Waals surface area contributed by atoms with Crippen molar-refractivity contribution in [2.45, 2.75) is 6.42 Å². The third kappa shape index (κ3) is 1.03. The molecule has 1 aliphatic carbocycles. The summed E-state index contributed by atoms with van der Waals surface area (Å²) in [7, 11) is 0. The number of Topliss-reactive ketones (excluding diaryl/α,β-unsaturated/α-hetero) is 1. The maximum atomic E-state index is 11.2. The number of carbonyl (C=O) groups excluding carboxylic acids is 2. The van der Waals surface area contributed by atoms with Gasteiger partial charge in [0.05, 0.1) is 5.41 Å². The summed E-state index contributed by atoms with van der Waals surface area (Å²) in [6, 6.07) is 0. The molecule has 0 aromatic carbocycles. The number of hydrogen-bond acceptors (Lipinski definition) is 3. The van der Waals surface area contributed by atoms with Crippen molar-refractivity contribution < 1.29 is 9.59 Å². The lowest BCUT2D eigenvalue weighted by atomic mass is 10.00. The summed E-state index contributed by atoms with van der Waals surface area (Å²) in [5, 5.41) is 3.07. The molecule has 5 heteroatoms. The fourth-order valence-corrected chi connectivity index (χ4v) is 1.94. The van der Waals surface area contributed by atoms with Crippen LogP contribution in [-0.2, 0) is 9.59 Å². The maximum Gasteiger partial charge on any atom is 0.285 e. The average molecular weight is 191 g/mol. The number of halogens is 1. The molecule has 2 rings (SSSR count). The number of piperidine rings is 1. The van der Waals surface area contributed by atoms with Crippen LogP contribution in [0.25, 0.3) is 0 Å². The molecule has 1 amide bonds. The Balaban J connectivity index is 0.000000720. The molecule has 0 bridgehead atoms. The predicted molar refractivity (Wildman–Crippen MR) is 44.9 cm³/mol. The Morgan fingerprint density at radius 1 is 1.50 bits per heavy atom. The molecule has 12 heavy (non-hydrogen) atoms. The molecular formula is C7H11ClN2O2. The van der Waals surface area contributed by atoms with Gasteiger partial charge in [0, 0.05) is 6.54 Å². The van der Waals surface area contributed by atoms with Gasteiger partial charge in [-0.05, 0) is 18.9 Å². The van der Waals surface area contributed by atoms with E-state index in [1.807, 2.05) is 0 Å². The number of amides is 1. The smallest absolute Gasteiger partial charge is 0.285 e. The van der Waals surface area contributed by atoms with E-state index < -0.39 is 5.91 Å². The number of primary amides is 1. The molecule has 2 aliphatic rings. The number of nitrogens with two attached hydrogens (primary N) is 1. The molecule has 4 nitrogen and oxygen atoms in total. The Kier molecular flexibility index (Phi) is 2.14. The normalized spacial score (nSPS) is 36.5. The molecule has 0 radical (unpaired) electrons. The fourth-order valence-electron chi connectivity index (χ4n) is 1.94. The summed E-state index contributed by atoms with van der Waals surface area (Å²) < 4.78 is 0. The summed E-state index contributed by atoms with van der Waals surface area (Å²) in [4.78, 5) is 21.8. The van der Waals surface area contributed by atoms with Gasteiger partial charge in [0.1, 0.15) is 0 Å². The molecule has 1 saturated heterocycles. The third-order valence-corrected chi connectivity index (χ3v) is 2.74. The Labute approximate surface area is 76.3 Å². The van der Waals surface area contributed by atoms with Crippen molar-refractivity contribution in [1.29, 1.82) is 0 Å². The van der Waals surface area contributed by atoms with Gasteiger partial charge in [-0.1, -0.05) is 0 Å². The molecule has 0 spiro atoms. The van der Waals surface area contributed by atoms with E-state index in [9.17, 15) is 9.59 Å². The highest BCUT2D eigenvalue weighted by Crippen LogP contribution is 2.55. The maximum absolute atomic E-state index is 11.2. The van der Waals surface area contributed by atoms with Crippen LogP contribution in [0.15, 0.2) is 0 Å². The predicted octanol–water partition coefficient (Wildman–Crippen LogP) is -0.928. The van der Waals surface area contributed by atoms with Gasteiger partial charge in [0.15, 0.2) is 0 Å². The highest BCUT2D eigenvalue weighted by atomic mass is 35.5. The zero-order valence-electron chi connectivity index (χ0n) is 6.50. The van der Waals surface area contributed by atoms with Gasteiger partial charge in [-0.2, -0.15) is 0 Å². The Morgan fingerprint density at radius 2 is 2.17 bits per heavy atom. The number of fused-ring (bicyclic) bond motifs is 1. The number of nitrogens with one attached hydrogen (secondary N) is 1. The molecule has 0 aromatic heterocycles. The molecule has 2 atom stereocenters. The molecule has 3 N–H and O–H groups in total. The minimum absolute atomic E-state index is 0. The SMILES string of the molecule is Cl.NC(=O)C(=O)C12CNCC1C2. The van der Waals surface area contributed by atoms with Crippen LogP contribution in [0.1, 0.15) is 6.42 Å². The molecule has 1 saturated carbocycles. The molecule has 2 fully saturated rings. The highest BCUT2D eigenvalue weighted by molar-refractivity contribution is 6.38. The van der Waals surface area contributed by atoms with Crippen molar-refractivity contribution in [3.05, 3.63) is 0 Å². The first kappa shape index (κ1) is 9.48. The van der Waals surface area contributed by atoms with Crippen molar-refractivity contribution in [2.24, 2.45) is 17.1 Å². The molecular weight excluding hydrogens is 180 g/mol. The molecule has 0 aromatic rings. The summed E-state index contributed by atoms with van der Waals surface area (Å²) in [5.41, 5.74) is 4.53. The van der Waals surface area contributed by atoms with Crippen LogP contribution < -0.4 is 11.1 Å². The number of hydrogen-bond donors (Lipinski definition) is 2. The van der Waals surface area contributed by atoms with E-state index in [-0.39, 0.29) is 23.6 Å². The van der Waals surface area contributed by atoms with Crippen molar-refractivity contribution in [3.8, 4) is 0 Å². The van der Waals surface area contributed by atoms with Crippen LogP contribution in [-0.4, -0.2) is 24.8 Å². The van der Waals surface area contributed by atoms with Gasteiger partial charge >= 0.3 is 0 Å². The van der Waals surface area contributed by atoms with Gasteiger partial charge in [-0.15, -0.1) is 12.4 Å². The lowest BCUT2D eigenvalue weighted by molar-refractivity contribution is -0.139. The van der Waals surface area contributed by atoms with Gasteiger partial charge in [0.2, 0.25) is 5.78 Å². The van der Waals surface area contributed by atoms with Crippen LogP contribution >= 0.6 is 12.4 Å². The highest BCUT2D eigenvalue weighted by Gasteiger charge is 2.63. The quantitative estimate of drug-likeness (QED) is 0.553. The first-order chi connectivity index (χ1) is 5.17. The van der Waals surface area contributed by atoms with Gasteiger partial charge in [-0.3, -0.25) is 9.59 Å². The van der Waals surface area contributed by atoms with Crippen LogP contribution in [0.5, 0.6) is 0 Å². The number of carbonyl (C=O) groups is 2. The lowest BCUT2D eigenvalue weighted by Gasteiger charge is -2.05. The zero-order valence-corrected chi connectivity index (χ0v) is 7.32. The van der Waals surface area contributed by atoms with E-state index in [2.05, 4.69) is 5.32 Å². The zero-order chi connectivity index (χ0) is 8.06. The van der Waals surface area contributed by atoms with Crippen LogP contribution in [0, 0.1) is 11.3 Å². The second-order valence-corrected chi connectivity index (χ2v) is 3.38. The minimum Gasteiger partial charge on any atom is -0.363 e. The van der Waals surface area contributed by atoms with Gasteiger partial charge in [0.25, 0.3) is 5.91 Å². The topological polar surface area (TPSA) is 72.2 Å². The van der Waals surface area contributed by atoms with Crippen molar-refractivity contribution >= 4 is 24.1 Å². The fraction of sp³-hybridized carbons (Fsp3) is 0.714. The molecule has 2 unspecified atom stereocenters. The largest absolute Gasteiger partial charge is 0.363 e. The lowest BCUT2D eigenvalue weighted by Crippen LogP contribution is -2.34. The van der Waals surface area contributed by atoms with E-state index in [1.54, 1.807) is 0 Å². The van der Waals surface area contributed by atoms with Gasteiger partial charge in [-0.25, -0.2) is 0 Å². The average Bonchev–Trinajstić information content (AvgIpc) is 2.54. The van der Waals surface area contributed by atoms with Crippen molar-refractivity contribution in [2.75, 3.05) is 13.1 Å². The molecule has 1 heterocycles. The van der Waals surface area contributed by atoms with E-state index in [4.69, 9.17) is 5.73 Å². The molecule has 1 aliphatic heterocycles. The van der Waals surface area contributed by atoms with Crippen molar-refractivity contribution in [3.63, 3.8) is 0 Å². The van der Waals surface area contributed by atoms with E-state index in [0.29, 0.717) is 12.5 Å². The summed E-state index contributed by atoms with van der Waals surface area (Å²) >= 11 is 0.